The Balaban J connectivity index is 2.29. The number of anilines is 1. The molecule has 4 aromatic rings. The first-order chi connectivity index (χ1) is 11.5. The third-order valence-electron chi connectivity index (χ3n) is 4.57. The molecule has 120 valence electrons. The van der Waals surface area contributed by atoms with Crippen LogP contribution in [-0.4, -0.2) is 5.11 Å². The molecule has 1 heterocycles. The second-order valence-corrected chi connectivity index (χ2v) is 8.01. The van der Waals surface area contributed by atoms with Crippen molar-refractivity contribution in [1.82, 2.24) is 0 Å². The number of aromatic hydroxyl groups is 1. The Morgan fingerprint density at radius 1 is 1.04 bits per heavy atom. The molecule has 0 atom stereocenters. The van der Waals surface area contributed by atoms with Gasteiger partial charge in [0.2, 0.25) is 0 Å². The average molecular weight is 398 g/mol. The summed E-state index contributed by atoms with van der Waals surface area (Å²) in [6, 6.07) is 13.6. The van der Waals surface area contributed by atoms with E-state index in [2.05, 4.69) is 54.0 Å². The van der Waals surface area contributed by atoms with Crippen molar-refractivity contribution in [2.75, 3.05) is 5.73 Å². The fourth-order valence-electron chi connectivity index (χ4n) is 3.29. The maximum absolute atomic E-state index is 9.73. The van der Waals surface area contributed by atoms with Gasteiger partial charge >= 0.3 is 0 Å². The standard InChI is InChI=1S/C20H16BrNOS/c1-10-11(2)24-20-17(10)18(15-8-7-12(23)9-16(15)22)13-5-3-4-6-14(13)19(20)21/h3-9,23H,22H2,1-2H3. The Bertz CT molecular complexity index is 1110. The first-order valence-electron chi connectivity index (χ1n) is 7.67. The van der Waals surface area contributed by atoms with Crippen molar-refractivity contribution in [2.24, 2.45) is 0 Å². The summed E-state index contributed by atoms with van der Waals surface area (Å²) in [6.45, 7) is 4.32. The highest BCUT2D eigenvalue weighted by molar-refractivity contribution is 9.11. The molecule has 3 aromatic carbocycles. The number of fused-ring (bicyclic) bond motifs is 2. The quantitative estimate of drug-likeness (QED) is 0.365. The van der Waals surface area contributed by atoms with Gasteiger partial charge in [-0.3, -0.25) is 0 Å². The minimum Gasteiger partial charge on any atom is -0.508 e. The molecule has 0 aliphatic rings. The van der Waals surface area contributed by atoms with Gasteiger partial charge in [-0.1, -0.05) is 24.3 Å². The first-order valence-corrected chi connectivity index (χ1v) is 9.28. The highest BCUT2D eigenvalue weighted by Gasteiger charge is 2.20. The van der Waals surface area contributed by atoms with E-state index in [9.17, 15) is 5.11 Å². The number of benzene rings is 3. The number of hydrogen-bond donors (Lipinski definition) is 2. The van der Waals surface area contributed by atoms with Gasteiger partial charge in [0, 0.05) is 37.6 Å². The van der Waals surface area contributed by atoms with Gasteiger partial charge in [0.25, 0.3) is 0 Å². The normalized spacial score (nSPS) is 11.5. The fraction of sp³-hybridized carbons (Fsp3) is 0.100. The van der Waals surface area contributed by atoms with Crippen LogP contribution in [0.4, 0.5) is 5.69 Å². The maximum atomic E-state index is 9.73. The smallest absolute Gasteiger partial charge is 0.117 e. The molecule has 0 saturated carbocycles. The fourth-order valence-corrected chi connectivity index (χ4v) is 5.19. The Hall–Kier alpha value is -2.04. The lowest BCUT2D eigenvalue weighted by atomic mass is 9.92. The molecule has 0 amide bonds. The number of nitrogens with two attached hydrogens (primary N) is 1. The number of rotatable bonds is 1. The van der Waals surface area contributed by atoms with Crippen LogP contribution < -0.4 is 5.73 Å². The van der Waals surface area contributed by atoms with Crippen LogP contribution in [0.15, 0.2) is 46.9 Å². The molecule has 2 nitrogen and oxygen atoms in total. The highest BCUT2D eigenvalue weighted by Crippen LogP contribution is 2.48. The summed E-state index contributed by atoms with van der Waals surface area (Å²) in [7, 11) is 0. The van der Waals surface area contributed by atoms with Crippen LogP contribution in [0.3, 0.4) is 0 Å². The summed E-state index contributed by atoms with van der Waals surface area (Å²) in [4.78, 5) is 1.31. The third kappa shape index (κ3) is 2.14. The average Bonchev–Trinajstić information content (AvgIpc) is 2.86. The van der Waals surface area contributed by atoms with Crippen LogP contribution in [-0.2, 0) is 0 Å². The Morgan fingerprint density at radius 2 is 1.75 bits per heavy atom. The molecule has 0 radical (unpaired) electrons. The van der Waals surface area contributed by atoms with E-state index in [-0.39, 0.29) is 5.75 Å². The zero-order chi connectivity index (χ0) is 17.0. The van der Waals surface area contributed by atoms with Crippen molar-refractivity contribution in [3.05, 3.63) is 57.4 Å². The molecule has 0 fully saturated rings. The van der Waals surface area contributed by atoms with Crippen LogP contribution in [0.5, 0.6) is 5.75 Å². The lowest BCUT2D eigenvalue weighted by Gasteiger charge is -2.14. The van der Waals surface area contributed by atoms with Gasteiger partial charge in [-0.15, -0.1) is 11.3 Å². The minimum absolute atomic E-state index is 0.187. The van der Waals surface area contributed by atoms with Crippen molar-refractivity contribution < 1.29 is 5.11 Å². The number of hydrogen-bond acceptors (Lipinski definition) is 3. The van der Waals surface area contributed by atoms with Crippen molar-refractivity contribution in [2.45, 2.75) is 13.8 Å². The molecule has 0 bridgehead atoms. The lowest BCUT2D eigenvalue weighted by Crippen LogP contribution is -1.92. The molecular formula is C20H16BrNOS. The zero-order valence-corrected chi connectivity index (χ0v) is 15.8. The Kier molecular flexibility index (Phi) is 3.55. The van der Waals surface area contributed by atoms with Crippen molar-refractivity contribution in [3.8, 4) is 16.9 Å². The van der Waals surface area contributed by atoms with Crippen molar-refractivity contribution in [3.63, 3.8) is 0 Å². The Labute approximate surface area is 152 Å². The predicted octanol–water partition coefficient (Wildman–Crippen LogP) is 6.39. The summed E-state index contributed by atoms with van der Waals surface area (Å²) in [5, 5.41) is 13.3. The second-order valence-electron chi connectivity index (χ2n) is 5.99. The Morgan fingerprint density at radius 3 is 2.46 bits per heavy atom. The molecule has 4 heteroatoms. The first kappa shape index (κ1) is 15.5. The molecule has 4 rings (SSSR count). The molecule has 0 saturated heterocycles. The van der Waals surface area contributed by atoms with Crippen LogP contribution in [0, 0.1) is 13.8 Å². The summed E-state index contributed by atoms with van der Waals surface area (Å²) in [5.74, 6) is 0.187. The van der Waals surface area contributed by atoms with Gasteiger partial charge in [0.15, 0.2) is 0 Å². The molecule has 3 N–H and O–H groups in total. The van der Waals surface area contributed by atoms with Crippen molar-refractivity contribution in [1.29, 1.82) is 0 Å². The molecule has 24 heavy (non-hydrogen) atoms. The van der Waals surface area contributed by atoms with Crippen LogP contribution in [0.2, 0.25) is 0 Å². The van der Waals surface area contributed by atoms with E-state index >= 15 is 0 Å². The van der Waals surface area contributed by atoms with Gasteiger partial charge in [-0.25, -0.2) is 0 Å². The number of nitrogen functional groups attached to an aromatic ring is 1. The van der Waals surface area contributed by atoms with Crippen LogP contribution in [0.1, 0.15) is 10.4 Å². The van der Waals surface area contributed by atoms with Crippen LogP contribution in [0.25, 0.3) is 32.0 Å². The number of thiophene rings is 1. The molecule has 0 unspecified atom stereocenters. The van der Waals surface area contributed by atoms with Gasteiger partial charge in [-0.05, 0) is 58.2 Å². The molecule has 0 aliphatic carbocycles. The predicted molar refractivity (Wildman–Crippen MR) is 108 cm³/mol. The van der Waals surface area contributed by atoms with E-state index < -0.39 is 0 Å². The largest absolute Gasteiger partial charge is 0.508 e. The van der Waals surface area contributed by atoms with E-state index in [1.54, 1.807) is 23.5 Å². The van der Waals surface area contributed by atoms with Crippen LogP contribution >= 0.6 is 27.3 Å². The summed E-state index contributed by atoms with van der Waals surface area (Å²) < 4.78 is 2.38. The van der Waals surface area contributed by atoms with Gasteiger partial charge < -0.3 is 10.8 Å². The molecule has 0 spiro atoms. The van der Waals surface area contributed by atoms with E-state index in [0.717, 1.165) is 21.0 Å². The molecular weight excluding hydrogens is 382 g/mol. The zero-order valence-electron chi connectivity index (χ0n) is 13.4. The number of halogens is 1. The van der Waals surface area contributed by atoms with Gasteiger partial charge in [0.1, 0.15) is 5.75 Å². The maximum Gasteiger partial charge on any atom is 0.117 e. The minimum atomic E-state index is 0.187. The van der Waals surface area contributed by atoms with E-state index in [4.69, 9.17) is 5.73 Å². The topological polar surface area (TPSA) is 46.2 Å². The summed E-state index contributed by atoms with van der Waals surface area (Å²) in [6.07, 6.45) is 0. The van der Waals surface area contributed by atoms with Crippen molar-refractivity contribution >= 4 is 53.8 Å². The van der Waals surface area contributed by atoms with Gasteiger partial charge in [0.05, 0.1) is 4.70 Å². The number of aryl methyl sites for hydroxylation is 2. The SMILES string of the molecule is Cc1sc2c(Br)c3ccccc3c(-c3ccc(O)cc3N)c2c1C. The number of phenolic OH excluding ortho intramolecular Hbond substituents is 1. The molecule has 1 aromatic heterocycles. The summed E-state index contributed by atoms with van der Waals surface area (Å²) in [5.41, 5.74) is 10.2. The second kappa shape index (κ2) is 5.50. The number of phenols is 1. The summed E-state index contributed by atoms with van der Waals surface area (Å²) >= 11 is 5.61. The van der Waals surface area contributed by atoms with E-state index in [1.807, 2.05) is 6.07 Å². The monoisotopic (exact) mass is 397 g/mol. The van der Waals surface area contributed by atoms with E-state index in [1.165, 1.54) is 25.9 Å². The lowest BCUT2D eigenvalue weighted by molar-refractivity contribution is 0.476. The highest BCUT2D eigenvalue weighted by atomic mass is 79.9. The van der Waals surface area contributed by atoms with E-state index in [0.29, 0.717) is 5.69 Å². The van der Waals surface area contributed by atoms with Gasteiger partial charge in [-0.2, -0.15) is 0 Å². The molecule has 0 aliphatic heterocycles. The third-order valence-corrected chi connectivity index (χ3v) is 6.88.